The van der Waals surface area contributed by atoms with Gasteiger partial charge in [0.25, 0.3) is 0 Å². The fourth-order valence-corrected chi connectivity index (χ4v) is 5.35. The molecule has 1 heterocycles. The van der Waals surface area contributed by atoms with Crippen LogP contribution in [0.15, 0.2) is 12.1 Å². The Morgan fingerprint density at radius 3 is 2.90 bits per heavy atom. The van der Waals surface area contributed by atoms with E-state index in [4.69, 9.17) is 16.3 Å². The number of ether oxygens (including phenoxy) is 1. The normalized spacial score (nSPS) is 25.9. The molecule has 1 nitrogen and oxygen atoms in total. The van der Waals surface area contributed by atoms with Crippen LogP contribution in [0, 0.1) is 11.3 Å². The van der Waals surface area contributed by atoms with Gasteiger partial charge in [-0.05, 0) is 41.9 Å². The lowest BCUT2D eigenvalue weighted by atomic mass is 9.66. The van der Waals surface area contributed by atoms with Crippen molar-refractivity contribution in [1.29, 1.82) is 0 Å². The molecule has 1 fully saturated rings. The van der Waals surface area contributed by atoms with Crippen LogP contribution in [0.3, 0.4) is 0 Å². The quantitative estimate of drug-likeness (QED) is 0.596. The van der Waals surface area contributed by atoms with Gasteiger partial charge in [-0.15, -0.1) is 0 Å². The summed E-state index contributed by atoms with van der Waals surface area (Å²) >= 11 is 10.3. The second kappa shape index (κ2) is 5.53. The number of halogens is 2. The smallest absolute Gasteiger partial charge is 0.127 e. The van der Waals surface area contributed by atoms with Gasteiger partial charge in [-0.2, -0.15) is 0 Å². The summed E-state index contributed by atoms with van der Waals surface area (Å²) in [6.07, 6.45) is 6.26. The van der Waals surface area contributed by atoms with Crippen molar-refractivity contribution in [3.63, 3.8) is 0 Å². The van der Waals surface area contributed by atoms with Crippen molar-refractivity contribution in [2.75, 3.05) is 6.61 Å². The molecule has 0 bridgehead atoms. The first-order valence-corrected chi connectivity index (χ1v) is 8.87. The zero-order chi connectivity index (χ0) is 14.3. The van der Waals surface area contributed by atoms with Crippen LogP contribution in [0.2, 0.25) is 5.02 Å². The second-order valence-electron chi connectivity index (χ2n) is 6.82. The number of benzene rings is 1. The lowest BCUT2D eigenvalue weighted by Gasteiger charge is -2.41. The van der Waals surface area contributed by atoms with E-state index in [0.29, 0.717) is 16.2 Å². The van der Waals surface area contributed by atoms with Crippen molar-refractivity contribution < 1.29 is 4.74 Å². The first kappa shape index (κ1) is 14.7. The molecule has 2 aliphatic rings. The first-order chi connectivity index (χ1) is 9.49. The van der Waals surface area contributed by atoms with E-state index in [-0.39, 0.29) is 0 Å². The maximum Gasteiger partial charge on any atom is 0.127 e. The van der Waals surface area contributed by atoms with Gasteiger partial charge in [0.05, 0.1) is 6.61 Å². The van der Waals surface area contributed by atoms with Crippen LogP contribution in [0.5, 0.6) is 5.75 Å². The fraction of sp³-hybridized carbons (Fsp3) is 0.647. The lowest BCUT2D eigenvalue weighted by molar-refractivity contribution is 0.136. The Hall–Kier alpha value is -0.210. The number of hydrogen-bond donors (Lipinski definition) is 0. The van der Waals surface area contributed by atoms with Crippen LogP contribution >= 0.6 is 27.5 Å². The minimum atomic E-state index is 0.336. The van der Waals surface area contributed by atoms with Crippen molar-refractivity contribution >= 4 is 27.5 Å². The number of rotatable bonds is 2. The van der Waals surface area contributed by atoms with E-state index in [2.05, 4.69) is 41.9 Å². The van der Waals surface area contributed by atoms with Gasteiger partial charge in [0, 0.05) is 21.8 Å². The Morgan fingerprint density at radius 2 is 2.15 bits per heavy atom. The Balaban J connectivity index is 1.96. The monoisotopic (exact) mass is 356 g/mol. The first-order valence-electron chi connectivity index (χ1n) is 7.58. The minimum Gasteiger partial charge on any atom is -0.493 e. The summed E-state index contributed by atoms with van der Waals surface area (Å²) in [5.41, 5.74) is 2.90. The van der Waals surface area contributed by atoms with E-state index >= 15 is 0 Å². The Morgan fingerprint density at radius 1 is 1.35 bits per heavy atom. The fourth-order valence-electron chi connectivity index (χ4n) is 3.78. The van der Waals surface area contributed by atoms with E-state index in [0.717, 1.165) is 23.8 Å². The van der Waals surface area contributed by atoms with E-state index in [1.54, 1.807) is 0 Å². The van der Waals surface area contributed by atoms with Gasteiger partial charge >= 0.3 is 0 Å². The third kappa shape index (κ3) is 2.62. The van der Waals surface area contributed by atoms with Crippen LogP contribution in [0.25, 0.3) is 0 Å². The molecule has 0 saturated heterocycles. The van der Waals surface area contributed by atoms with Gasteiger partial charge in [-0.1, -0.05) is 54.2 Å². The summed E-state index contributed by atoms with van der Waals surface area (Å²) in [4.78, 5) is 0.336. The molecule has 0 radical (unpaired) electrons. The van der Waals surface area contributed by atoms with Gasteiger partial charge in [0.15, 0.2) is 0 Å². The van der Waals surface area contributed by atoms with Gasteiger partial charge in [0.2, 0.25) is 0 Å². The third-order valence-electron chi connectivity index (χ3n) is 5.02. The van der Waals surface area contributed by atoms with Crippen LogP contribution < -0.4 is 4.74 Å². The molecule has 1 aliphatic carbocycles. The number of hydrogen-bond acceptors (Lipinski definition) is 1. The predicted molar refractivity (Wildman–Crippen MR) is 88.1 cm³/mol. The average Bonchev–Trinajstić information content (AvgIpc) is 2.84. The topological polar surface area (TPSA) is 9.23 Å². The molecule has 1 aromatic rings. The standard InChI is InChI=1S/C17H22BrClO/c1-17(2)7-4-3-5-14(17)15(18)13-10-12(19)9-11-6-8-20-16(11)13/h9-10,14-15H,3-8H2,1-2H3. The molecule has 0 aromatic heterocycles. The summed E-state index contributed by atoms with van der Waals surface area (Å²) in [7, 11) is 0. The molecule has 1 aliphatic heterocycles. The molecule has 1 saturated carbocycles. The summed E-state index contributed by atoms with van der Waals surface area (Å²) in [6, 6.07) is 4.15. The van der Waals surface area contributed by atoms with Crippen molar-refractivity contribution in [3.05, 3.63) is 28.3 Å². The molecule has 0 amide bonds. The molecule has 3 rings (SSSR count). The maximum absolute atomic E-state index is 6.31. The second-order valence-corrected chi connectivity index (χ2v) is 8.25. The SMILES string of the molecule is CC1(C)CCCCC1C(Br)c1cc(Cl)cc2c1OCC2. The highest BCUT2D eigenvalue weighted by atomic mass is 79.9. The van der Waals surface area contributed by atoms with Crippen molar-refractivity contribution in [1.82, 2.24) is 0 Å². The molecule has 110 valence electrons. The van der Waals surface area contributed by atoms with Crippen molar-refractivity contribution in [3.8, 4) is 5.75 Å². The lowest BCUT2D eigenvalue weighted by Crippen LogP contribution is -2.30. The highest BCUT2D eigenvalue weighted by Crippen LogP contribution is 2.52. The highest BCUT2D eigenvalue weighted by molar-refractivity contribution is 9.09. The summed E-state index contributed by atoms with van der Waals surface area (Å²) in [6.45, 7) is 5.59. The predicted octanol–water partition coefficient (Wildman–Crippen LogP) is 5.93. The molecular weight excluding hydrogens is 336 g/mol. The molecule has 0 spiro atoms. The molecule has 2 unspecified atom stereocenters. The third-order valence-corrected chi connectivity index (χ3v) is 6.37. The van der Waals surface area contributed by atoms with E-state index in [1.807, 2.05) is 0 Å². The molecular formula is C17H22BrClO. The van der Waals surface area contributed by atoms with Crippen LogP contribution in [-0.4, -0.2) is 6.61 Å². The molecule has 3 heteroatoms. The summed E-state index contributed by atoms with van der Waals surface area (Å²) in [5.74, 6) is 1.72. The van der Waals surface area contributed by atoms with Crippen LogP contribution in [-0.2, 0) is 6.42 Å². The molecule has 1 aromatic carbocycles. The van der Waals surface area contributed by atoms with E-state index in [1.165, 1.54) is 36.8 Å². The Kier molecular flexibility index (Phi) is 4.07. The molecule has 2 atom stereocenters. The maximum atomic E-state index is 6.31. The molecule has 0 N–H and O–H groups in total. The van der Waals surface area contributed by atoms with Gasteiger partial charge in [-0.3, -0.25) is 0 Å². The largest absolute Gasteiger partial charge is 0.493 e. The highest BCUT2D eigenvalue weighted by Gasteiger charge is 2.38. The van der Waals surface area contributed by atoms with Crippen molar-refractivity contribution in [2.45, 2.75) is 50.8 Å². The summed E-state index contributed by atoms with van der Waals surface area (Å²) in [5, 5.41) is 0.835. The molecule has 20 heavy (non-hydrogen) atoms. The van der Waals surface area contributed by atoms with Gasteiger partial charge < -0.3 is 4.74 Å². The van der Waals surface area contributed by atoms with E-state index in [9.17, 15) is 0 Å². The van der Waals surface area contributed by atoms with Crippen molar-refractivity contribution in [2.24, 2.45) is 11.3 Å². The Labute approximate surface area is 135 Å². The zero-order valence-electron chi connectivity index (χ0n) is 12.2. The van der Waals surface area contributed by atoms with Crippen LogP contribution in [0.4, 0.5) is 0 Å². The van der Waals surface area contributed by atoms with Gasteiger partial charge in [0.1, 0.15) is 5.75 Å². The van der Waals surface area contributed by atoms with Gasteiger partial charge in [-0.25, -0.2) is 0 Å². The summed E-state index contributed by atoms with van der Waals surface area (Å²) < 4.78 is 5.88. The van der Waals surface area contributed by atoms with E-state index < -0.39 is 0 Å². The van der Waals surface area contributed by atoms with Crippen LogP contribution in [0.1, 0.15) is 55.5 Å². The Bertz CT molecular complexity index is 512. The number of alkyl halides is 1. The average molecular weight is 358 g/mol. The number of fused-ring (bicyclic) bond motifs is 1. The zero-order valence-corrected chi connectivity index (χ0v) is 14.6. The minimum absolute atomic E-state index is 0.336.